The predicted octanol–water partition coefficient (Wildman–Crippen LogP) is 3.65. The van der Waals surface area contributed by atoms with Crippen LogP contribution in [0.5, 0.6) is 0 Å². The van der Waals surface area contributed by atoms with Gasteiger partial charge in [-0.1, -0.05) is 6.42 Å². The number of rotatable bonds is 4. The monoisotopic (exact) mass is 433 g/mol. The lowest BCUT2D eigenvalue weighted by Crippen LogP contribution is -2.53. The number of piperidine rings is 2. The molecule has 3 saturated heterocycles. The van der Waals surface area contributed by atoms with Crippen LogP contribution in [0.2, 0.25) is 0 Å². The van der Waals surface area contributed by atoms with Gasteiger partial charge in [0.15, 0.2) is 0 Å². The van der Waals surface area contributed by atoms with Crippen LogP contribution >= 0.6 is 0 Å². The maximum Gasteiger partial charge on any atom is 0.101 e. The Hall–Kier alpha value is -2.20. The van der Waals surface area contributed by atoms with Gasteiger partial charge in [-0.2, -0.15) is 5.26 Å². The number of benzene rings is 1. The Morgan fingerprint density at radius 1 is 1.06 bits per heavy atom. The number of aromatic nitrogens is 1. The zero-order chi connectivity index (χ0) is 21.9. The second-order valence-corrected chi connectivity index (χ2v) is 9.75. The number of pyridine rings is 1. The summed E-state index contributed by atoms with van der Waals surface area (Å²) in [5, 5.41) is 10.5. The molecule has 32 heavy (non-hydrogen) atoms. The van der Waals surface area contributed by atoms with E-state index in [0.29, 0.717) is 5.56 Å². The average Bonchev–Trinajstić information content (AvgIpc) is 2.84. The van der Waals surface area contributed by atoms with Gasteiger partial charge in [-0.15, -0.1) is 0 Å². The average molecular weight is 434 g/mol. The standard InChI is InChI=1S/C26H35N5O/c1-20-17-31(25-8-7-21(16-27)26-24(25)6-5-11-28-26)19-23(32-20)18-29-14-9-22(10-15-29)30-12-3-2-4-13-30/h5-8,11,20,22-23H,2-4,9-10,12-15,17-19H2,1H3. The van der Waals surface area contributed by atoms with Crippen molar-refractivity contribution in [3.63, 3.8) is 0 Å². The highest BCUT2D eigenvalue weighted by atomic mass is 16.5. The highest BCUT2D eigenvalue weighted by molar-refractivity contribution is 5.95. The Kier molecular flexibility index (Phi) is 6.59. The molecular formula is C26H35N5O. The Labute approximate surface area is 191 Å². The molecule has 0 saturated carbocycles. The Balaban J connectivity index is 1.24. The molecule has 0 spiro atoms. The number of fused-ring (bicyclic) bond motifs is 1. The topological polar surface area (TPSA) is 55.6 Å². The van der Waals surface area contributed by atoms with E-state index in [-0.39, 0.29) is 12.2 Å². The van der Waals surface area contributed by atoms with Gasteiger partial charge in [0.05, 0.1) is 23.3 Å². The van der Waals surface area contributed by atoms with Gasteiger partial charge in [0.1, 0.15) is 6.07 Å². The van der Waals surface area contributed by atoms with Crippen LogP contribution in [-0.4, -0.2) is 78.8 Å². The molecule has 3 aliphatic heterocycles. The van der Waals surface area contributed by atoms with Crippen molar-refractivity contribution in [1.29, 1.82) is 5.26 Å². The summed E-state index contributed by atoms with van der Waals surface area (Å²) in [7, 11) is 0. The number of nitriles is 1. The third kappa shape index (κ3) is 4.61. The number of likely N-dealkylation sites (tertiary alicyclic amines) is 2. The smallest absolute Gasteiger partial charge is 0.101 e. The van der Waals surface area contributed by atoms with Crippen LogP contribution in [0, 0.1) is 11.3 Å². The quantitative estimate of drug-likeness (QED) is 0.734. The molecule has 6 heteroatoms. The van der Waals surface area contributed by atoms with Crippen molar-refractivity contribution < 1.29 is 4.74 Å². The summed E-state index contributed by atoms with van der Waals surface area (Å²) in [6.07, 6.45) is 8.90. The van der Waals surface area contributed by atoms with Crippen molar-refractivity contribution in [2.45, 2.75) is 57.3 Å². The van der Waals surface area contributed by atoms with Gasteiger partial charge in [0, 0.05) is 42.9 Å². The first-order valence-corrected chi connectivity index (χ1v) is 12.4. The highest BCUT2D eigenvalue weighted by Gasteiger charge is 2.31. The molecule has 1 aromatic carbocycles. The Morgan fingerprint density at radius 3 is 2.66 bits per heavy atom. The number of ether oxygens (including phenoxy) is 1. The van der Waals surface area contributed by atoms with Crippen molar-refractivity contribution in [2.75, 3.05) is 50.7 Å². The molecule has 0 amide bonds. The molecule has 3 fully saturated rings. The van der Waals surface area contributed by atoms with Crippen LogP contribution in [0.4, 0.5) is 5.69 Å². The molecule has 0 N–H and O–H groups in total. The number of morpholine rings is 1. The van der Waals surface area contributed by atoms with E-state index in [2.05, 4.69) is 44.8 Å². The number of hydrogen-bond donors (Lipinski definition) is 0. The third-order valence-corrected chi connectivity index (χ3v) is 7.46. The van der Waals surface area contributed by atoms with Crippen LogP contribution < -0.4 is 4.90 Å². The molecule has 4 heterocycles. The van der Waals surface area contributed by atoms with Crippen molar-refractivity contribution >= 4 is 16.6 Å². The third-order valence-electron chi connectivity index (χ3n) is 7.46. The minimum atomic E-state index is 0.182. The summed E-state index contributed by atoms with van der Waals surface area (Å²) < 4.78 is 6.38. The van der Waals surface area contributed by atoms with E-state index >= 15 is 0 Å². The van der Waals surface area contributed by atoms with E-state index in [1.807, 2.05) is 12.1 Å². The molecular weight excluding hydrogens is 398 g/mol. The lowest BCUT2D eigenvalue weighted by Gasteiger charge is -2.43. The summed E-state index contributed by atoms with van der Waals surface area (Å²) in [5.74, 6) is 0. The Morgan fingerprint density at radius 2 is 1.88 bits per heavy atom. The molecule has 0 aliphatic carbocycles. The fourth-order valence-electron chi connectivity index (χ4n) is 5.90. The maximum atomic E-state index is 9.47. The summed E-state index contributed by atoms with van der Waals surface area (Å²) in [4.78, 5) is 12.3. The van der Waals surface area contributed by atoms with E-state index in [1.54, 1.807) is 6.20 Å². The number of hydrogen-bond acceptors (Lipinski definition) is 6. The normalized spacial score (nSPS) is 26.3. The van der Waals surface area contributed by atoms with Crippen LogP contribution in [0.3, 0.4) is 0 Å². The first-order chi connectivity index (χ1) is 15.7. The lowest BCUT2D eigenvalue weighted by molar-refractivity contribution is -0.0380. The first kappa shape index (κ1) is 21.6. The Bertz CT molecular complexity index is 958. The molecule has 1 aromatic heterocycles. The van der Waals surface area contributed by atoms with E-state index in [4.69, 9.17) is 4.74 Å². The maximum absolute atomic E-state index is 9.47. The fraction of sp³-hybridized carbons (Fsp3) is 0.615. The van der Waals surface area contributed by atoms with Crippen molar-refractivity contribution in [1.82, 2.24) is 14.8 Å². The minimum absolute atomic E-state index is 0.182. The second kappa shape index (κ2) is 9.74. The van der Waals surface area contributed by atoms with E-state index in [9.17, 15) is 5.26 Å². The van der Waals surface area contributed by atoms with Gasteiger partial charge in [0.25, 0.3) is 0 Å². The first-order valence-electron chi connectivity index (χ1n) is 12.4. The molecule has 2 aromatic rings. The fourth-order valence-corrected chi connectivity index (χ4v) is 5.90. The van der Waals surface area contributed by atoms with E-state index < -0.39 is 0 Å². The van der Waals surface area contributed by atoms with Gasteiger partial charge in [-0.25, -0.2) is 0 Å². The minimum Gasteiger partial charge on any atom is -0.370 e. The lowest BCUT2D eigenvalue weighted by atomic mass is 9.99. The van der Waals surface area contributed by atoms with Crippen molar-refractivity contribution in [3.05, 3.63) is 36.0 Å². The summed E-state index contributed by atoms with van der Waals surface area (Å²) in [6, 6.07) is 11.1. The van der Waals surface area contributed by atoms with Crippen LogP contribution in [0.1, 0.15) is 44.6 Å². The molecule has 0 bridgehead atoms. The summed E-state index contributed by atoms with van der Waals surface area (Å²) >= 11 is 0. The van der Waals surface area contributed by atoms with Gasteiger partial charge in [-0.3, -0.25) is 4.98 Å². The van der Waals surface area contributed by atoms with E-state index in [0.717, 1.165) is 42.3 Å². The largest absolute Gasteiger partial charge is 0.370 e. The van der Waals surface area contributed by atoms with Gasteiger partial charge >= 0.3 is 0 Å². The summed E-state index contributed by atoms with van der Waals surface area (Å²) in [6.45, 7) is 9.88. The van der Waals surface area contributed by atoms with Gasteiger partial charge < -0.3 is 19.4 Å². The highest BCUT2D eigenvalue weighted by Crippen LogP contribution is 2.30. The van der Waals surface area contributed by atoms with Gasteiger partial charge in [-0.05, 0) is 83.1 Å². The van der Waals surface area contributed by atoms with Crippen LogP contribution in [0.15, 0.2) is 30.5 Å². The number of anilines is 1. The molecule has 0 radical (unpaired) electrons. The molecule has 6 nitrogen and oxygen atoms in total. The predicted molar refractivity (Wildman–Crippen MR) is 128 cm³/mol. The molecule has 2 atom stereocenters. The van der Waals surface area contributed by atoms with Crippen molar-refractivity contribution in [2.24, 2.45) is 0 Å². The molecule has 2 unspecified atom stereocenters. The van der Waals surface area contributed by atoms with Crippen molar-refractivity contribution in [3.8, 4) is 6.07 Å². The molecule has 3 aliphatic rings. The van der Waals surface area contributed by atoms with Crippen LogP contribution in [0.25, 0.3) is 10.9 Å². The zero-order valence-corrected chi connectivity index (χ0v) is 19.2. The van der Waals surface area contributed by atoms with Gasteiger partial charge in [0.2, 0.25) is 0 Å². The second-order valence-electron chi connectivity index (χ2n) is 9.75. The molecule has 170 valence electrons. The summed E-state index contributed by atoms with van der Waals surface area (Å²) in [5.41, 5.74) is 2.60. The number of nitrogens with zero attached hydrogens (tertiary/aromatic N) is 5. The van der Waals surface area contributed by atoms with Crippen LogP contribution in [-0.2, 0) is 4.74 Å². The zero-order valence-electron chi connectivity index (χ0n) is 19.2. The SMILES string of the molecule is CC1CN(c2ccc(C#N)c3ncccc23)CC(CN2CCC(N3CCCCC3)CC2)O1. The molecule has 5 rings (SSSR count). The van der Waals surface area contributed by atoms with E-state index in [1.165, 1.54) is 58.3 Å².